The van der Waals surface area contributed by atoms with Crippen LogP contribution in [0.25, 0.3) is 0 Å². The summed E-state index contributed by atoms with van der Waals surface area (Å²) in [5, 5.41) is 0. The van der Waals surface area contributed by atoms with Crippen LogP contribution in [0.3, 0.4) is 0 Å². The quantitative estimate of drug-likeness (QED) is 0.664. The maximum absolute atomic E-state index is 12.7. The Morgan fingerprint density at radius 1 is 0.931 bits per heavy atom. The highest BCUT2D eigenvalue weighted by atomic mass is 32.2. The summed E-state index contributed by atoms with van der Waals surface area (Å²) in [6.45, 7) is -0.922. The Morgan fingerprint density at radius 3 is 2.07 bits per heavy atom. The Labute approximate surface area is 171 Å². The van der Waals surface area contributed by atoms with Crippen LogP contribution >= 0.6 is 11.8 Å². The van der Waals surface area contributed by atoms with Crippen molar-refractivity contribution in [3.05, 3.63) is 60.2 Å². The van der Waals surface area contributed by atoms with Crippen molar-refractivity contribution >= 4 is 27.7 Å². The average Bonchev–Trinajstić information content (AvgIpc) is 2.72. The average molecular weight is 445 g/mol. The van der Waals surface area contributed by atoms with E-state index in [4.69, 9.17) is 0 Å². The van der Waals surface area contributed by atoms with Crippen LogP contribution in [-0.4, -0.2) is 55.9 Å². The molecule has 0 saturated carbocycles. The lowest BCUT2D eigenvalue weighted by Crippen LogP contribution is -2.53. The predicted octanol–water partition coefficient (Wildman–Crippen LogP) is 3.37. The zero-order chi connectivity index (χ0) is 21.1. The number of thioether (sulfide) groups is 1. The molecule has 2 aromatic rings. The van der Waals surface area contributed by atoms with Gasteiger partial charge in [0.25, 0.3) is 0 Å². The fourth-order valence-electron chi connectivity index (χ4n) is 2.91. The largest absolute Gasteiger partial charge is 0.471 e. The van der Waals surface area contributed by atoms with Crippen LogP contribution in [0.2, 0.25) is 0 Å². The van der Waals surface area contributed by atoms with Gasteiger partial charge in [-0.2, -0.15) is 17.5 Å². The molecule has 1 aliphatic heterocycles. The summed E-state index contributed by atoms with van der Waals surface area (Å²) in [5.41, 5.74) is 1.15. The fourth-order valence-corrected chi connectivity index (χ4v) is 5.19. The van der Waals surface area contributed by atoms with Crippen LogP contribution in [0, 0.1) is 0 Å². The van der Waals surface area contributed by atoms with Gasteiger partial charge in [0.05, 0.1) is 4.90 Å². The summed E-state index contributed by atoms with van der Waals surface area (Å²) in [7, 11) is -3.83. The number of sulfonamides is 1. The summed E-state index contributed by atoms with van der Waals surface area (Å²) in [6.07, 6.45) is -4.95. The van der Waals surface area contributed by atoms with Crippen molar-refractivity contribution in [1.29, 1.82) is 0 Å². The van der Waals surface area contributed by atoms with Crippen LogP contribution in [0.15, 0.2) is 64.4 Å². The Balaban J connectivity index is 1.60. The number of halogens is 3. The minimum atomic E-state index is -4.95. The molecule has 0 aliphatic carbocycles. The number of benzene rings is 2. The second kappa shape index (κ2) is 8.76. The number of amides is 1. The Morgan fingerprint density at radius 2 is 1.52 bits per heavy atom. The van der Waals surface area contributed by atoms with Crippen LogP contribution < -0.4 is 0 Å². The van der Waals surface area contributed by atoms with Crippen LogP contribution in [0.4, 0.5) is 13.2 Å². The number of hydrogen-bond donors (Lipinski definition) is 0. The highest BCUT2D eigenvalue weighted by Crippen LogP contribution is 2.26. The molecule has 10 heteroatoms. The van der Waals surface area contributed by atoms with Gasteiger partial charge in [0.1, 0.15) is 0 Å². The molecule has 0 atom stereocenters. The number of carbonyl (C=O) groups is 1. The minimum Gasteiger partial charge on any atom is -0.332 e. The topological polar surface area (TPSA) is 57.7 Å². The second-order valence-electron chi connectivity index (χ2n) is 6.44. The van der Waals surface area contributed by atoms with Gasteiger partial charge in [-0.15, -0.1) is 11.8 Å². The molecule has 1 amide bonds. The molecule has 1 fully saturated rings. The first-order valence-corrected chi connectivity index (χ1v) is 11.2. The first kappa shape index (κ1) is 21.7. The summed E-state index contributed by atoms with van der Waals surface area (Å²) < 4.78 is 64.1. The molecule has 156 valence electrons. The van der Waals surface area contributed by atoms with Gasteiger partial charge < -0.3 is 4.90 Å². The highest BCUT2D eigenvalue weighted by molar-refractivity contribution is 7.98. The number of nitrogens with zero attached hydrogens (tertiary/aromatic N) is 2. The zero-order valence-electron chi connectivity index (χ0n) is 15.3. The van der Waals surface area contributed by atoms with E-state index in [1.54, 1.807) is 23.9 Å². The molecule has 5 nitrogen and oxygen atoms in total. The third kappa shape index (κ3) is 5.31. The molecule has 29 heavy (non-hydrogen) atoms. The highest BCUT2D eigenvalue weighted by Gasteiger charge is 2.44. The van der Waals surface area contributed by atoms with Gasteiger partial charge in [-0.1, -0.05) is 30.3 Å². The van der Waals surface area contributed by atoms with Crippen molar-refractivity contribution in [2.75, 3.05) is 26.2 Å². The van der Waals surface area contributed by atoms with Gasteiger partial charge in [-0.25, -0.2) is 8.42 Å². The number of piperazine rings is 1. The van der Waals surface area contributed by atoms with Crippen molar-refractivity contribution < 1.29 is 26.4 Å². The third-order valence-corrected chi connectivity index (χ3v) is 7.47. The maximum atomic E-state index is 12.7. The van der Waals surface area contributed by atoms with Gasteiger partial charge in [0.15, 0.2) is 0 Å². The lowest BCUT2D eigenvalue weighted by atomic mass is 10.2. The first-order valence-electron chi connectivity index (χ1n) is 8.81. The first-order chi connectivity index (χ1) is 13.7. The predicted molar refractivity (Wildman–Crippen MR) is 104 cm³/mol. The monoisotopic (exact) mass is 444 g/mol. The number of alkyl halides is 3. The molecule has 1 aliphatic rings. The van der Waals surface area contributed by atoms with E-state index in [2.05, 4.69) is 0 Å². The molecule has 0 N–H and O–H groups in total. The van der Waals surface area contributed by atoms with Crippen molar-refractivity contribution in [3.63, 3.8) is 0 Å². The van der Waals surface area contributed by atoms with Crippen molar-refractivity contribution in [2.24, 2.45) is 0 Å². The normalized spacial score (nSPS) is 16.0. The molecule has 0 bridgehead atoms. The minimum absolute atomic E-state index is 0.0807. The Bertz CT molecular complexity index is 941. The molecule has 1 saturated heterocycles. The smallest absolute Gasteiger partial charge is 0.332 e. The second-order valence-corrected chi connectivity index (χ2v) is 9.43. The maximum Gasteiger partial charge on any atom is 0.471 e. The number of hydrogen-bond acceptors (Lipinski definition) is 4. The van der Waals surface area contributed by atoms with Gasteiger partial charge in [0, 0.05) is 36.8 Å². The Kier molecular flexibility index (Phi) is 6.55. The van der Waals surface area contributed by atoms with Gasteiger partial charge in [0.2, 0.25) is 10.0 Å². The van der Waals surface area contributed by atoms with E-state index in [-0.39, 0.29) is 31.1 Å². The van der Waals surface area contributed by atoms with Crippen molar-refractivity contribution in [3.8, 4) is 0 Å². The molecule has 0 radical (unpaired) electrons. The van der Waals surface area contributed by atoms with E-state index >= 15 is 0 Å². The Hall–Kier alpha value is -2.04. The number of rotatable bonds is 5. The lowest BCUT2D eigenvalue weighted by Gasteiger charge is -2.34. The van der Waals surface area contributed by atoms with E-state index in [9.17, 15) is 26.4 Å². The molecule has 0 unspecified atom stereocenters. The van der Waals surface area contributed by atoms with E-state index < -0.39 is 22.1 Å². The number of carbonyl (C=O) groups excluding carboxylic acids is 1. The zero-order valence-corrected chi connectivity index (χ0v) is 16.9. The molecule has 3 rings (SSSR count). The molecular formula is C19H19F3N2O3S2. The van der Waals surface area contributed by atoms with Crippen LogP contribution in [0.5, 0.6) is 0 Å². The lowest BCUT2D eigenvalue weighted by molar-refractivity contribution is -0.186. The SMILES string of the molecule is O=C(N1CCN(S(=O)(=O)c2ccc(SCc3ccccc3)cc2)CC1)C(F)(F)F. The summed E-state index contributed by atoms with van der Waals surface area (Å²) in [6, 6.07) is 16.3. The van der Waals surface area contributed by atoms with Gasteiger partial charge >= 0.3 is 12.1 Å². The third-order valence-electron chi connectivity index (χ3n) is 4.48. The van der Waals surface area contributed by atoms with Gasteiger partial charge in [-0.05, 0) is 29.8 Å². The van der Waals surface area contributed by atoms with E-state index in [0.717, 1.165) is 20.5 Å². The van der Waals surface area contributed by atoms with Crippen molar-refractivity contribution in [2.45, 2.75) is 21.7 Å². The van der Waals surface area contributed by atoms with E-state index in [1.807, 2.05) is 30.3 Å². The molecule has 2 aromatic carbocycles. The van der Waals surface area contributed by atoms with Crippen molar-refractivity contribution in [1.82, 2.24) is 9.21 Å². The summed E-state index contributed by atoms with van der Waals surface area (Å²) in [4.78, 5) is 12.9. The van der Waals surface area contributed by atoms with Crippen LogP contribution in [0.1, 0.15) is 5.56 Å². The molecule has 0 aromatic heterocycles. The van der Waals surface area contributed by atoms with E-state index in [1.165, 1.54) is 12.1 Å². The molecule has 0 spiro atoms. The summed E-state index contributed by atoms with van der Waals surface area (Å²) in [5.74, 6) is -1.18. The van der Waals surface area contributed by atoms with Gasteiger partial charge in [-0.3, -0.25) is 4.79 Å². The van der Waals surface area contributed by atoms with Crippen LogP contribution in [-0.2, 0) is 20.6 Å². The fraction of sp³-hybridized carbons (Fsp3) is 0.316. The summed E-state index contributed by atoms with van der Waals surface area (Å²) >= 11 is 1.58. The molecular weight excluding hydrogens is 425 g/mol. The van der Waals surface area contributed by atoms with E-state index in [0.29, 0.717) is 4.90 Å². The molecule has 1 heterocycles. The standard InChI is InChI=1S/C19H19F3N2O3S2/c20-19(21,22)18(25)23-10-12-24(13-11-23)29(26,27)17-8-6-16(7-9-17)28-14-15-4-2-1-3-5-15/h1-9H,10-14H2.